The van der Waals surface area contributed by atoms with Crippen molar-refractivity contribution in [1.82, 2.24) is 14.9 Å². The van der Waals surface area contributed by atoms with Gasteiger partial charge < -0.3 is 10.6 Å². The summed E-state index contributed by atoms with van der Waals surface area (Å²) < 4.78 is 26.3. The van der Waals surface area contributed by atoms with E-state index in [1.165, 1.54) is 24.0 Å². The Morgan fingerprint density at radius 2 is 1.86 bits per heavy atom. The van der Waals surface area contributed by atoms with Crippen LogP contribution < -0.4 is 10.6 Å². The van der Waals surface area contributed by atoms with Gasteiger partial charge in [0.15, 0.2) is 5.96 Å². The molecule has 0 amide bonds. The van der Waals surface area contributed by atoms with Crippen LogP contribution in [0.5, 0.6) is 0 Å². The van der Waals surface area contributed by atoms with Crippen molar-refractivity contribution in [1.29, 1.82) is 0 Å². The first-order valence-corrected chi connectivity index (χ1v) is 11.3. The van der Waals surface area contributed by atoms with E-state index in [1.807, 2.05) is 30.3 Å². The number of hydrogen-bond donors (Lipinski definition) is 2. The van der Waals surface area contributed by atoms with Crippen LogP contribution in [0.2, 0.25) is 5.02 Å². The fourth-order valence-corrected chi connectivity index (χ4v) is 4.59. The molecule has 1 aliphatic rings. The second-order valence-electron chi connectivity index (χ2n) is 7.47. The molecule has 1 fully saturated rings. The van der Waals surface area contributed by atoms with Crippen molar-refractivity contribution in [3.63, 3.8) is 0 Å². The number of aliphatic imine (C=N–C) groups is 1. The highest BCUT2D eigenvalue weighted by atomic mass is 35.5. The van der Waals surface area contributed by atoms with E-state index in [0.29, 0.717) is 23.0 Å². The van der Waals surface area contributed by atoms with Gasteiger partial charge in [0.2, 0.25) is 10.0 Å². The van der Waals surface area contributed by atoms with E-state index < -0.39 is 10.0 Å². The molecule has 2 aromatic rings. The van der Waals surface area contributed by atoms with Gasteiger partial charge in [-0.25, -0.2) is 12.7 Å². The lowest BCUT2D eigenvalue weighted by Crippen LogP contribution is -2.41. The highest BCUT2D eigenvalue weighted by Crippen LogP contribution is 2.48. The van der Waals surface area contributed by atoms with Gasteiger partial charge in [-0.15, -0.1) is 0 Å². The number of guanidine groups is 1. The van der Waals surface area contributed by atoms with Gasteiger partial charge in [0.1, 0.15) is 0 Å². The topological polar surface area (TPSA) is 73.8 Å². The summed E-state index contributed by atoms with van der Waals surface area (Å²) in [6, 6.07) is 15.0. The first-order valence-electron chi connectivity index (χ1n) is 9.49. The molecule has 1 saturated carbocycles. The molecule has 3 rings (SSSR count). The summed E-state index contributed by atoms with van der Waals surface area (Å²) in [6.07, 6.45) is 2.20. The minimum Gasteiger partial charge on any atom is -0.356 e. The molecule has 6 nitrogen and oxygen atoms in total. The minimum atomic E-state index is -3.51. The van der Waals surface area contributed by atoms with Gasteiger partial charge >= 0.3 is 0 Å². The lowest BCUT2D eigenvalue weighted by molar-refractivity contribution is 0.519. The fourth-order valence-electron chi connectivity index (χ4n) is 3.29. The zero-order valence-corrected chi connectivity index (χ0v) is 18.5. The van der Waals surface area contributed by atoms with Gasteiger partial charge in [-0.3, -0.25) is 4.99 Å². The molecule has 0 saturated heterocycles. The highest BCUT2D eigenvalue weighted by Gasteiger charge is 2.44. The predicted molar refractivity (Wildman–Crippen MR) is 118 cm³/mol. The van der Waals surface area contributed by atoms with Crippen molar-refractivity contribution in [3.05, 3.63) is 64.7 Å². The summed E-state index contributed by atoms with van der Waals surface area (Å²) in [6.45, 7) is 1.09. The Morgan fingerprint density at radius 1 is 1.14 bits per heavy atom. The van der Waals surface area contributed by atoms with E-state index in [9.17, 15) is 8.42 Å². The van der Waals surface area contributed by atoms with Gasteiger partial charge in [0.05, 0.1) is 4.90 Å². The average Bonchev–Trinajstić information content (AvgIpc) is 3.49. The van der Waals surface area contributed by atoms with Gasteiger partial charge in [0.25, 0.3) is 0 Å². The zero-order chi connectivity index (χ0) is 21.1. The van der Waals surface area contributed by atoms with Crippen LogP contribution in [0.4, 0.5) is 0 Å². The van der Waals surface area contributed by atoms with E-state index in [-0.39, 0.29) is 5.41 Å². The van der Waals surface area contributed by atoms with Crippen molar-refractivity contribution in [2.24, 2.45) is 4.99 Å². The van der Waals surface area contributed by atoms with Crippen molar-refractivity contribution in [2.75, 3.05) is 27.7 Å². The van der Waals surface area contributed by atoms with Gasteiger partial charge in [0, 0.05) is 44.7 Å². The predicted octanol–water partition coefficient (Wildman–Crippen LogP) is 2.99. The lowest BCUT2D eigenvalue weighted by Gasteiger charge is -2.20. The van der Waals surface area contributed by atoms with Crippen LogP contribution in [0.1, 0.15) is 24.0 Å². The van der Waals surface area contributed by atoms with Crippen LogP contribution in [-0.4, -0.2) is 46.4 Å². The first-order chi connectivity index (χ1) is 13.8. The number of benzene rings is 2. The quantitative estimate of drug-likeness (QED) is 0.519. The largest absolute Gasteiger partial charge is 0.356 e. The summed E-state index contributed by atoms with van der Waals surface area (Å²) in [7, 11) is 1.26. The Hall–Kier alpha value is -2.09. The first kappa shape index (κ1) is 21.6. The summed E-state index contributed by atoms with van der Waals surface area (Å²) in [5, 5.41) is 7.35. The molecule has 8 heteroatoms. The van der Waals surface area contributed by atoms with Gasteiger partial charge in [-0.2, -0.15) is 0 Å². The smallest absolute Gasteiger partial charge is 0.242 e. The van der Waals surface area contributed by atoms with E-state index in [0.717, 1.165) is 24.4 Å². The maximum atomic E-state index is 12.6. The summed E-state index contributed by atoms with van der Waals surface area (Å²) in [5.41, 5.74) is 2.00. The fraction of sp³-hybridized carbons (Fsp3) is 0.381. The third kappa shape index (κ3) is 4.91. The summed E-state index contributed by atoms with van der Waals surface area (Å²) in [4.78, 5) is 4.58. The molecule has 0 unspecified atom stereocenters. The molecule has 2 aromatic carbocycles. The number of sulfonamides is 1. The molecule has 0 radical (unpaired) electrons. The van der Waals surface area contributed by atoms with E-state index in [2.05, 4.69) is 21.7 Å². The van der Waals surface area contributed by atoms with Gasteiger partial charge in [-0.1, -0.05) is 41.9 Å². The lowest BCUT2D eigenvalue weighted by atomic mass is 9.96. The van der Waals surface area contributed by atoms with E-state index in [1.54, 1.807) is 19.2 Å². The molecule has 29 heavy (non-hydrogen) atoms. The number of nitrogens with zero attached hydrogens (tertiary/aromatic N) is 2. The maximum absolute atomic E-state index is 12.6. The standard InChI is InChI=1S/C21H27ClN4O2S/c1-23-20(25-15-21(11-12-21)17-8-6-9-18(22)13-17)24-14-16-7-4-5-10-19(16)29(27,28)26(2)3/h4-10,13H,11-12,14-15H2,1-3H3,(H2,23,24,25). The summed E-state index contributed by atoms with van der Waals surface area (Å²) in [5.74, 6) is 0.635. The number of rotatable bonds is 7. The van der Waals surface area contributed by atoms with Crippen molar-refractivity contribution >= 4 is 27.6 Å². The van der Waals surface area contributed by atoms with Crippen LogP contribution in [-0.2, 0) is 22.0 Å². The molecule has 0 atom stereocenters. The minimum absolute atomic E-state index is 0.0781. The van der Waals surface area contributed by atoms with Crippen LogP contribution in [0.15, 0.2) is 58.4 Å². The summed E-state index contributed by atoms with van der Waals surface area (Å²) >= 11 is 6.15. The molecular formula is C21H27ClN4O2S. The molecule has 0 spiro atoms. The Balaban J connectivity index is 1.66. The van der Waals surface area contributed by atoms with Crippen molar-refractivity contribution in [3.8, 4) is 0 Å². The number of nitrogens with one attached hydrogen (secondary N) is 2. The van der Waals surface area contributed by atoms with Crippen molar-refractivity contribution in [2.45, 2.75) is 29.7 Å². The molecule has 0 aliphatic heterocycles. The number of hydrogen-bond acceptors (Lipinski definition) is 3. The molecule has 156 valence electrons. The molecule has 0 aromatic heterocycles. The second-order valence-corrected chi connectivity index (χ2v) is 10.0. The molecule has 0 heterocycles. The Morgan fingerprint density at radius 3 is 2.48 bits per heavy atom. The zero-order valence-electron chi connectivity index (χ0n) is 16.9. The van der Waals surface area contributed by atoms with Crippen LogP contribution >= 0.6 is 11.6 Å². The number of halogens is 1. The highest BCUT2D eigenvalue weighted by molar-refractivity contribution is 7.89. The average molecular weight is 435 g/mol. The van der Waals surface area contributed by atoms with E-state index in [4.69, 9.17) is 11.6 Å². The van der Waals surface area contributed by atoms with Crippen LogP contribution in [0.3, 0.4) is 0 Å². The normalized spacial score (nSPS) is 16.0. The maximum Gasteiger partial charge on any atom is 0.242 e. The Bertz CT molecular complexity index is 1000. The molecule has 2 N–H and O–H groups in total. The third-order valence-corrected chi connectivity index (χ3v) is 7.44. The van der Waals surface area contributed by atoms with Crippen molar-refractivity contribution < 1.29 is 8.42 Å². The Kier molecular flexibility index (Phi) is 6.51. The SMILES string of the molecule is CN=C(NCc1ccccc1S(=O)(=O)N(C)C)NCC1(c2cccc(Cl)c2)CC1. The van der Waals surface area contributed by atoms with Crippen LogP contribution in [0, 0.1) is 0 Å². The van der Waals surface area contributed by atoms with E-state index >= 15 is 0 Å². The monoisotopic (exact) mass is 434 g/mol. The second kappa shape index (κ2) is 8.73. The third-order valence-electron chi connectivity index (χ3n) is 5.29. The molecule has 1 aliphatic carbocycles. The van der Waals surface area contributed by atoms with Gasteiger partial charge in [-0.05, 0) is 42.2 Å². The van der Waals surface area contributed by atoms with Crippen LogP contribution in [0.25, 0.3) is 0 Å². The molecule has 0 bridgehead atoms. The molecular weight excluding hydrogens is 408 g/mol. The Labute approximate surface area is 178 Å².